The van der Waals surface area contributed by atoms with Gasteiger partial charge in [0.15, 0.2) is 11.5 Å². The SMILES string of the molecule is COc1ccc([C@H]2CC(=O)Nc3c(-c4cccc(F)c4)csc32)cc1OC. The summed E-state index contributed by atoms with van der Waals surface area (Å²) in [5.41, 5.74) is 3.34. The van der Waals surface area contributed by atoms with Crippen LogP contribution in [0.4, 0.5) is 10.1 Å². The first-order valence-corrected chi connectivity index (χ1v) is 9.37. The minimum atomic E-state index is -0.300. The molecule has 1 amide bonds. The lowest BCUT2D eigenvalue weighted by atomic mass is 9.89. The van der Waals surface area contributed by atoms with E-state index in [-0.39, 0.29) is 17.6 Å². The van der Waals surface area contributed by atoms with Gasteiger partial charge in [-0.2, -0.15) is 0 Å². The molecule has 0 aliphatic carbocycles. The van der Waals surface area contributed by atoms with Gasteiger partial charge in [-0.25, -0.2) is 4.39 Å². The lowest BCUT2D eigenvalue weighted by Crippen LogP contribution is -2.22. The van der Waals surface area contributed by atoms with E-state index in [9.17, 15) is 9.18 Å². The molecule has 0 saturated heterocycles. The predicted octanol–water partition coefficient (Wildman–Crippen LogP) is 5.05. The summed E-state index contributed by atoms with van der Waals surface area (Å²) >= 11 is 1.57. The molecule has 2 heterocycles. The monoisotopic (exact) mass is 383 g/mol. The van der Waals surface area contributed by atoms with Gasteiger partial charge < -0.3 is 14.8 Å². The summed E-state index contributed by atoms with van der Waals surface area (Å²) in [6.07, 6.45) is 0.353. The second-order valence-corrected chi connectivity index (χ2v) is 7.23. The molecule has 4 rings (SSSR count). The molecule has 0 saturated carbocycles. The quantitative estimate of drug-likeness (QED) is 0.686. The number of methoxy groups -OCH3 is 2. The minimum Gasteiger partial charge on any atom is -0.493 e. The van der Waals surface area contributed by atoms with Crippen molar-refractivity contribution in [2.75, 3.05) is 19.5 Å². The average Bonchev–Trinajstić information content (AvgIpc) is 3.10. The van der Waals surface area contributed by atoms with Crippen LogP contribution in [0.1, 0.15) is 22.8 Å². The molecule has 1 atom stereocenters. The van der Waals surface area contributed by atoms with E-state index in [1.165, 1.54) is 12.1 Å². The number of ether oxygens (including phenoxy) is 2. The fraction of sp³-hybridized carbons (Fsp3) is 0.190. The molecule has 0 bridgehead atoms. The van der Waals surface area contributed by atoms with Crippen molar-refractivity contribution >= 4 is 22.9 Å². The third kappa shape index (κ3) is 3.17. The van der Waals surface area contributed by atoms with Gasteiger partial charge in [0.1, 0.15) is 5.82 Å². The Bertz CT molecular complexity index is 1010. The largest absolute Gasteiger partial charge is 0.493 e. The van der Waals surface area contributed by atoms with E-state index in [2.05, 4.69) is 5.32 Å². The highest BCUT2D eigenvalue weighted by molar-refractivity contribution is 7.11. The third-order valence-electron chi connectivity index (χ3n) is 4.74. The molecule has 27 heavy (non-hydrogen) atoms. The molecule has 0 radical (unpaired) electrons. The molecule has 2 aromatic carbocycles. The smallest absolute Gasteiger partial charge is 0.225 e. The lowest BCUT2D eigenvalue weighted by molar-refractivity contribution is -0.116. The first kappa shape index (κ1) is 17.5. The number of nitrogens with one attached hydrogen (secondary N) is 1. The highest BCUT2D eigenvalue weighted by Gasteiger charge is 2.31. The van der Waals surface area contributed by atoms with E-state index in [0.717, 1.165) is 27.3 Å². The van der Waals surface area contributed by atoms with Crippen molar-refractivity contribution in [1.29, 1.82) is 0 Å². The van der Waals surface area contributed by atoms with Crippen molar-refractivity contribution in [2.24, 2.45) is 0 Å². The molecule has 138 valence electrons. The summed E-state index contributed by atoms with van der Waals surface area (Å²) in [6, 6.07) is 12.1. The van der Waals surface area contributed by atoms with Crippen molar-refractivity contribution in [1.82, 2.24) is 0 Å². The number of fused-ring (bicyclic) bond motifs is 1. The van der Waals surface area contributed by atoms with Crippen molar-refractivity contribution in [2.45, 2.75) is 12.3 Å². The van der Waals surface area contributed by atoms with Crippen LogP contribution in [0.2, 0.25) is 0 Å². The number of hydrogen-bond acceptors (Lipinski definition) is 4. The number of hydrogen-bond donors (Lipinski definition) is 1. The fourth-order valence-corrected chi connectivity index (χ4v) is 4.60. The summed E-state index contributed by atoms with van der Waals surface area (Å²) in [5, 5.41) is 4.94. The first-order valence-electron chi connectivity index (χ1n) is 8.49. The number of halogens is 1. The molecule has 0 spiro atoms. The molecule has 1 N–H and O–H groups in total. The van der Waals surface area contributed by atoms with Crippen LogP contribution in [0.5, 0.6) is 11.5 Å². The molecule has 6 heteroatoms. The van der Waals surface area contributed by atoms with Gasteiger partial charge in [-0.05, 0) is 35.4 Å². The summed E-state index contributed by atoms with van der Waals surface area (Å²) in [6.45, 7) is 0. The molecule has 1 aliphatic rings. The van der Waals surface area contributed by atoms with Crippen LogP contribution in [-0.2, 0) is 4.79 Å². The van der Waals surface area contributed by atoms with E-state index >= 15 is 0 Å². The number of carbonyl (C=O) groups excluding carboxylic acids is 1. The van der Waals surface area contributed by atoms with Gasteiger partial charge in [0.25, 0.3) is 0 Å². The van der Waals surface area contributed by atoms with Crippen LogP contribution in [0, 0.1) is 5.82 Å². The lowest BCUT2D eigenvalue weighted by Gasteiger charge is -2.24. The Balaban J connectivity index is 1.80. The zero-order valence-electron chi connectivity index (χ0n) is 14.9. The Morgan fingerprint density at radius 3 is 2.67 bits per heavy atom. The summed E-state index contributed by atoms with van der Waals surface area (Å²) in [5.74, 6) is 0.836. The minimum absolute atomic E-state index is 0.0571. The van der Waals surface area contributed by atoms with E-state index in [0.29, 0.717) is 17.9 Å². The standard InChI is InChI=1S/C21H18FNO3S/c1-25-17-7-6-13(9-18(17)26-2)15-10-19(24)23-20-16(11-27-21(15)20)12-4-3-5-14(22)8-12/h3-9,11,15H,10H2,1-2H3,(H,23,24)/t15-/m1/s1. The number of rotatable bonds is 4. The van der Waals surface area contributed by atoms with Gasteiger partial charge in [0.2, 0.25) is 5.91 Å². The van der Waals surface area contributed by atoms with Crippen molar-refractivity contribution in [3.05, 3.63) is 64.1 Å². The number of carbonyl (C=O) groups is 1. The Morgan fingerprint density at radius 1 is 1.11 bits per heavy atom. The van der Waals surface area contributed by atoms with Crippen LogP contribution in [0.25, 0.3) is 11.1 Å². The topological polar surface area (TPSA) is 47.6 Å². The zero-order valence-corrected chi connectivity index (χ0v) is 15.7. The van der Waals surface area contributed by atoms with Gasteiger partial charge in [0.05, 0.1) is 19.9 Å². The molecular weight excluding hydrogens is 365 g/mol. The molecule has 1 aliphatic heterocycles. The number of thiophene rings is 1. The number of anilines is 1. The molecule has 3 aromatic rings. The molecule has 1 aromatic heterocycles. The van der Waals surface area contributed by atoms with E-state index in [1.54, 1.807) is 31.6 Å². The Morgan fingerprint density at radius 2 is 1.93 bits per heavy atom. The van der Waals surface area contributed by atoms with Crippen LogP contribution in [0.3, 0.4) is 0 Å². The van der Waals surface area contributed by atoms with Gasteiger partial charge in [0, 0.05) is 28.2 Å². The van der Waals surface area contributed by atoms with Crippen molar-refractivity contribution < 1.29 is 18.7 Å². The Hall–Kier alpha value is -2.86. The van der Waals surface area contributed by atoms with Crippen molar-refractivity contribution in [3.8, 4) is 22.6 Å². The maximum Gasteiger partial charge on any atom is 0.225 e. The van der Waals surface area contributed by atoms with Crippen LogP contribution >= 0.6 is 11.3 Å². The Kier molecular flexibility index (Phi) is 4.58. The zero-order chi connectivity index (χ0) is 19.0. The maximum atomic E-state index is 13.7. The predicted molar refractivity (Wildman–Crippen MR) is 104 cm³/mol. The molecule has 4 nitrogen and oxygen atoms in total. The second kappa shape index (κ2) is 7.04. The maximum absolute atomic E-state index is 13.7. The number of amides is 1. The average molecular weight is 383 g/mol. The molecule has 0 fully saturated rings. The Labute approximate surface area is 160 Å². The normalized spacial score (nSPS) is 15.8. The number of benzene rings is 2. The van der Waals surface area contributed by atoms with Gasteiger partial charge in [-0.3, -0.25) is 4.79 Å². The highest BCUT2D eigenvalue weighted by atomic mass is 32.1. The van der Waals surface area contributed by atoms with Crippen molar-refractivity contribution in [3.63, 3.8) is 0 Å². The van der Waals surface area contributed by atoms with E-state index in [1.807, 2.05) is 29.6 Å². The van der Waals surface area contributed by atoms with Gasteiger partial charge >= 0.3 is 0 Å². The van der Waals surface area contributed by atoms with Gasteiger partial charge in [-0.1, -0.05) is 18.2 Å². The third-order valence-corrected chi connectivity index (χ3v) is 5.83. The first-order chi connectivity index (χ1) is 13.1. The highest BCUT2D eigenvalue weighted by Crippen LogP contribution is 2.47. The summed E-state index contributed by atoms with van der Waals surface area (Å²) < 4.78 is 24.4. The van der Waals surface area contributed by atoms with E-state index in [4.69, 9.17) is 9.47 Å². The second-order valence-electron chi connectivity index (χ2n) is 6.32. The van der Waals surface area contributed by atoms with Crippen LogP contribution in [-0.4, -0.2) is 20.1 Å². The van der Waals surface area contributed by atoms with E-state index < -0.39 is 0 Å². The van der Waals surface area contributed by atoms with Crippen LogP contribution < -0.4 is 14.8 Å². The van der Waals surface area contributed by atoms with Crippen LogP contribution in [0.15, 0.2) is 47.8 Å². The summed E-state index contributed by atoms with van der Waals surface area (Å²) in [4.78, 5) is 13.5. The summed E-state index contributed by atoms with van der Waals surface area (Å²) in [7, 11) is 3.18. The van der Waals surface area contributed by atoms with Gasteiger partial charge in [-0.15, -0.1) is 11.3 Å². The molecular formula is C21H18FNO3S. The fourth-order valence-electron chi connectivity index (χ4n) is 3.43. The molecule has 0 unspecified atom stereocenters.